The Hall–Kier alpha value is -3.30. The van der Waals surface area contributed by atoms with Crippen LogP contribution in [0, 0.1) is 17.8 Å². The fourth-order valence-corrected chi connectivity index (χ4v) is 6.79. The van der Waals surface area contributed by atoms with Gasteiger partial charge in [0.2, 0.25) is 5.91 Å². The standard InChI is InChI=1S/C27H33N5O4/c1-28-25(33)15-5-9-23(36-3)22(11-15)29-24-17-7-4-14(10-21(17)31-32-24)19-13-27(19)18-12-16(35-2)6-8-20(18)30-26(27)34/h5-6,8-9,11-12,14,17,19,21,24,29,31-32H,4,7,10,13H2,1-3H3,(H,28,33)(H,30,34)/t14?,17?,19-,21?,24?,27-/m0/s1. The molecular formula is C27H33N5O4. The number of carbonyl (C=O) groups is 2. The van der Waals surface area contributed by atoms with Crippen molar-refractivity contribution in [1.82, 2.24) is 16.2 Å². The fraction of sp³-hybridized carbons (Fsp3) is 0.481. The second-order valence-electron chi connectivity index (χ2n) is 10.4. The molecule has 4 aliphatic rings. The molecule has 2 saturated carbocycles. The van der Waals surface area contributed by atoms with Gasteiger partial charge in [-0.25, -0.2) is 5.43 Å². The zero-order valence-electron chi connectivity index (χ0n) is 20.8. The lowest BCUT2D eigenvalue weighted by molar-refractivity contribution is -0.118. The second kappa shape index (κ2) is 8.67. The number of methoxy groups -OCH3 is 2. The zero-order valence-corrected chi connectivity index (χ0v) is 20.8. The number of hydrogen-bond donors (Lipinski definition) is 5. The summed E-state index contributed by atoms with van der Waals surface area (Å²) in [4.78, 5) is 25.2. The van der Waals surface area contributed by atoms with Crippen molar-refractivity contribution < 1.29 is 19.1 Å². The summed E-state index contributed by atoms with van der Waals surface area (Å²) in [5, 5.41) is 9.34. The number of amides is 2. The Kier molecular flexibility index (Phi) is 5.57. The summed E-state index contributed by atoms with van der Waals surface area (Å²) in [6, 6.07) is 11.6. The number of fused-ring (bicyclic) bond motifs is 3. The average molecular weight is 492 g/mol. The molecule has 2 amide bonds. The van der Waals surface area contributed by atoms with Gasteiger partial charge in [-0.15, -0.1) is 0 Å². The summed E-state index contributed by atoms with van der Waals surface area (Å²) in [7, 11) is 4.92. The summed E-state index contributed by atoms with van der Waals surface area (Å²) in [5.41, 5.74) is 9.92. The van der Waals surface area contributed by atoms with Gasteiger partial charge in [0.15, 0.2) is 0 Å². The second-order valence-corrected chi connectivity index (χ2v) is 10.4. The first-order valence-corrected chi connectivity index (χ1v) is 12.7. The van der Waals surface area contributed by atoms with Gasteiger partial charge < -0.3 is 25.4 Å². The van der Waals surface area contributed by atoms with Crippen LogP contribution in [-0.4, -0.2) is 45.3 Å². The number of ether oxygens (including phenoxy) is 2. The van der Waals surface area contributed by atoms with E-state index in [9.17, 15) is 9.59 Å². The number of rotatable bonds is 6. The van der Waals surface area contributed by atoms with Crippen LogP contribution in [0.25, 0.3) is 0 Å². The normalized spacial score (nSPS) is 31.9. The van der Waals surface area contributed by atoms with Gasteiger partial charge in [-0.2, -0.15) is 0 Å². The molecule has 36 heavy (non-hydrogen) atoms. The number of hydrogen-bond acceptors (Lipinski definition) is 7. The third kappa shape index (κ3) is 3.52. The smallest absolute Gasteiger partial charge is 0.251 e. The van der Waals surface area contributed by atoms with E-state index >= 15 is 0 Å². The van der Waals surface area contributed by atoms with E-state index in [0.717, 1.165) is 48.4 Å². The highest BCUT2D eigenvalue weighted by Gasteiger charge is 2.67. The van der Waals surface area contributed by atoms with Gasteiger partial charge in [-0.1, -0.05) is 0 Å². The van der Waals surface area contributed by atoms with Gasteiger partial charge in [0.25, 0.3) is 5.91 Å². The summed E-state index contributed by atoms with van der Waals surface area (Å²) in [6.45, 7) is 0. The predicted octanol–water partition coefficient (Wildman–Crippen LogP) is 2.60. The van der Waals surface area contributed by atoms with Crippen LogP contribution in [0.2, 0.25) is 0 Å². The van der Waals surface area contributed by atoms with Gasteiger partial charge in [-0.3, -0.25) is 15.0 Å². The number of nitrogens with one attached hydrogen (secondary N) is 5. The van der Waals surface area contributed by atoms with Gasteiger partial charge >= 0.3 is 0 Å². The van der Waals surface area contributed by atoms with E-state index in [0.29, 0.717) is 35.1 Å². The minimum Gasteiger partial charge on any atom is -0.497 e. The number of anilines is 2. The quantitative estimate of drug-likeness (QED) is 0.422. The number of carbonyl (C=O) groups excluding carboxylic acids is 2. The predicted molar refractivity (Wildman–Crippen MR) is 136 cm³/mol. The first kappa shape index (κ1) is 23.1. The molecule has 6 rings (SSSR count). The molecule has 0 bridgehead atoms. The Bertz CT molecular complexity index is 1220. The molecule has 4 unspecified atom stereocenters. The van der Waals surface area contributed by atoms with Crippen LogP contribution < -0.4 is 36.3 Å². The number of hydrazine groups is 1. The lowest BCUT2D eigenvalue weighted by Gasteiger charge is -2.34. The minimum absolute atomic E-state index is 0.0118. The Balaban J connectivity index is 1.15. The van der Waals surface area contributed by atoms with Crippen LogP contribution in [-0.2, 0) is 10.2 Å². The molecule has 2 aromatic rings. The molecule has 5 N–H and O–H groups in total. The third-order valence-electron chi connectivity index (χ3n) is 8.74. The maximum Gasteiger partial charge on any atom is 0.251 e. The van der Waals surface area contributed by atoms with E-state index in [2.05, 4.69) is 26.8 Å². The molecule has 0 aromatic heterocycles. The van der Waals surface area contributed by atoms with Crippen molar-refractivity contribution in [3.8, 4) is 11.5 Å². The lowest BCUT2D eigenvalue weighted by atomic mass is 9.74. The maximum absolute atomic E-state index is 13.1. The molecule has 190 valence electrons. The maximum atomic E-state index is 13.1. The molecule has 6 atom stereocenters. The van der Waals surface area contributed by atoms with Crippen molar-refractivity contribution >= 4 is 23.2 Å². The summed E-state index contributed by atoms with van der Waals surface area (Å²) < 4.78 is 11.0. The highest BCUT2D eigenvalue weighted by molar-refractivity contribution is 6.09. The third-order valence-corrected chi connectivity index (χ3v) is 8.74. The van der Waals surface area contributed by atoms with Crippen molar-refractivity contribution in [2.45, 2.75) is 43.3 Å². The van der Waals surface area contributed by atoms with Crippen molar-refractivity contribution in [3.63, 3.8) is 0 Å². The Morgan fingerprint density at radius 3 is 2.72 bits per heavy atom. The van der Waals surface area contributed by atoms with Crippen LogP contribution in [0.3, 0.4) is 0 Å². The van der Waals surface area contributed by atoms with E-state index in [1.54, 1.807) is 27.3 Å². The SMILES string of the molecule is CNC(=O)c1ccc(OC)c(NC2NNC3CC([C@@H]4C[C@@]45C(=O)Nc4ccc(OC)cc45)CCC32)c1. The molecule has 1 saturated heterocycles. The van der Waals surface area contributed by atoms with Gasteiger partial charge in [0.1, 0.15) is 11.5 Å². The highest BCUT2D eigenvalue weighted by Crippen LogP contribution is 2.65. The van der Waals surface area contributed by atoms with E-state index < -0.39 is 5.41 Å². The first-order chi connectivity index (χ1) is 17.5. The van der Waals surface area contributed by atoms with Crippen molar-refractivity contribution in [1.29, 1.82) is 0 Å². The lowest BCUT2D eigenvalue weighted by Crippen LogP contribution is -2.39. The van der Waals surface area contributed by atoms with Crippen LogP contribution in [0.15, 0.2) is 36.4 Å². The molecule has 9 heteroatoms. The summed E-state index contributed by atoms with van der Waals surface area (Å²) in [6.07, 6.45) is 4.06. The van der Waals surface area contributed by atoms with Crippen LogP contribution >= 0.6 is 0 Å². The average Bonchev–Trinajstić information content (AvgIpc) is 3.46. The molecule has 9 nitrogen and oxygen atoms in total. The van der Waals surface area contributed by atoms with Gasteiger partial charge in [-0.05, 0) is 79.5 Å². The van der Waals surface area contributed by atoms with Crippen LogP contribution in [0.5, 0.6) is 11.5 Å². The highest BCUT2D eigenvalue weighted by atomic mass is 16.5. The van der Waals surface area contributed by atoms with E-state index in [4.69, 9.17) is 9.47 Å². The van der Waals surface area contributed by atoms with Crippen LogP contribution in [0.4, 0.5) is 11.4 Å². The Morgan fingerprint density at radius 1 is 1.08 bits per heavy atom. The van der Waals surface area contributed by atoms with Crippen molar-refractivity contribution in [2.75, 3.05) is 31.9 Å². The molecule has 3 fully saturated rings. The largest absolute Gasteiger partial charge is 0.497 e. The van der Waals surface area contributed by atoms with E-state index in [-0.39, 0.29) is 18.0 Å². The summed E-state index contributed by atoms with van der Waals surface area (Å²) in [5.74, 6) is 2.71. The van der Waals surface area contributed by atoms with E-state index in [1.807, 2.05) is 30.3 Å². The van der Waals surface area contributed by atoms with Gasteiger partial charge in [0.05, 0.1) is 31.5 Å². The topological polar surface area (TPSA) is 113 Å². The first-order valence-electron chi connectivity index (χ1n) is 12.7. The molecule has 2 aromatic carbocycles. The van der Waals surface area contributed by atoms with Crippen LogP contribution in [0.1, 0.15) is 41.6 Å². The van der Waals surface area contributed by atoms with Crippen molar-refractivity contribution in [3.05, 3.63) is 47.5 Å². The molecule has 2 heterocycles. The van der Waals surface area contributed by atoms with E-state index in [1.165, 1.54) is 0 Å². The van der Waals surface area contributed by atoms with Gasteiger partial charge in [0, 0.05) is 30.3 Å². The van der Waals surface area contributed by atoms with Crippen molar-refractivity contribution in [2.24, 2.45) is 17.8 Å². The molecular weight excluding hydrogens is 458 g/mol. The Labute approximate surface area is 210 Å². The fourth-order valence-electron chi connectivity index (χ4n) is 6.79. The molecule has 1 spiro atoms. The summed E-state index contributed by atoms with van der Waals surface area (Å²) >= 11 is 0. The molecule has 0 radical (unpaired) electrons. The Morgan fingerprint density at radius 2 is 1.94 bits per heavy atom. The molecule has 2 aliphatic heterocycles. The minimum atomic E-state index is -0.404. The zero-order chi connectivity index (χ0) is 25.0. The monoisotopic (exact) mass is 491 g/mol. The number of benzene rings is 2. The molecule has 2 aliphatic carbocycles.